The summed E-state index contributed by atoms with van der Waals surface area (Å²) >= 11 is 8.65. The molecule has 66 valence electrons. The van der Waals surface area contributed by atoms with Gasteiger partial charge in [0.2, 0.25) is 0 Å². The van der Waals surface area contributed by atoms with E-state index in [-0.39, 0.29) is 11.6 Å². The Morgan fingerprint density at radius 3 is 2.83 bits per heavy atom. The molecule has 0 spiro atoms. The molecule has 0 unspecified atom stereocenters. The molecule has 0 aliphatic rings. The van der Waals surface area contributed by atoms with Crippen LogP contribution in [-0.4, -0.2) is 5.21 Å². The van der Waals surface area contributed by atoms with Crippen LogP contribution >= 0.6 is 27.5 Å². The molecule has 1 rings (SSSR count). The molecule has 0 amide bonds. The van der Waals surface area contributed by atoms with Crippen LogP contribution in [0.25, 0.3) is 0 Å². The van der Waals surface area contributed by atoms with Gasteiger partial charge in [0.05, 0.1) is 5.02 Å². The minimum Gasteiger partial charge on any atom is -0.316 e. The van der Waals surface area contributed by atoms with Crippen molar-refractivity contribution in [1.82, 2.24) is 5.48 Å². The van der Waals surface area contributed by atoms with Gasteiger partial charge in [-0.05, 0) is 12.1 Å². The Hall–Kier alpha value is -0.160. The molecule has 1 aromatic rings. The van der Waals surface area contributed by atoms with Crippen LogP contribution in [0.5, 0.6) is 0 Å². The van der Waals surface area contributed by atoms with E-state index in [4.69, 9.17) is 16.8 Å². The lowest BCUT2D eigenvalue weighted by Crippen LogP contribution is -2.08. The molecule has 0 heterocycles. The molecule has 5 heteroatoms. The fourth-order valence-corrected chi connectivity index (χ4v) is 1.43. The van der Waals surface area contributed by atoms with Crippen molar-refractivity contribution in [2.45, 2.75) is 6.54 Å². The summed E-state index contributed by atoms with van der Waals surface area (Å²) in [6.45, 7) is 0.0208. The Balaban J connectivity index is 3.14. The maximum absolute atomic E-state index is 13.1. The summed E-state index contributed by atoms with van der Waals surface area (Å²) in [6.07, 6.45) is 0. The van der Waals surface area contributed by atoms with Crippen molar-refractivity contribution in [1.29, 1.82) is 0 Å². The van der Waals surface area contributed by atoms with Gasteiger partial charge in [0, 0.05) is 16.6 Å². The van der Waals surface area contributed by atoms with Crippen LogP contribution in [0.1, 0.15) is 5.56 Å². The lowest BCUT2D eigenvalue weighted by Gasteiger charge is -2.05. The van der Waals surface area contributed by atoms with Crippen molar-refractivity contribution < 1.29 is 9.60 Å². The van der Waals surface area contributed by atoms with Crippen LogP contribution in [0.2, 0.25) is 5.02 Å². The van der Waals surface area contributed by atoms with Gasteiger partial charge in [-0.3, -0.25) is 0 Å². The predicted octanol–water partition coefficient (Wildman–Crippen LogP) is 2.72. The molecule has 0 bridgehead atoms. The van der Waals surface area contributed by atoms with Crippen LogP contribution < -0.4 is 5.48 Å². The van der Waals surface area contributed by atoms with Crippen LogP contribution in [0.4, 0.5) is 4.39 Å². The van der Waals surface area contributed by atoms with Crippen molar-refractivity contribution >= 4 is 27.5 Å². The normalized spacial score (nSPS) is 10.3. The molecule has 0 aliphatic carbocycles. The number of halogens is 3. The SMILES string of the molecule is ONCc1c(Br)ccc(Cl)c1F. The third-order valence-corrected chi connectivity index (χ3v) is 2.43. The van der Waals surface area contributed by atoms with E-state index in [1.54, 1.807) is 6.07 Å². The second kappa shape index (κ2) is 4.18. The van der Waals surface area contributed by atoms with Gasteiger partial charge in [-0.1, -0.05) is 27.5 Å². The van der Waals surface area contributed by atoms with Crippen molar-refractivity contribution in [3.8, 4) is 0 Å². The van der Waals surface area contributed by atoms with E-state index in [2.05, 4.69) is 15.9 Å². The fourth-order valence-electron chi connectivity index (χ4n) is 0.810. The first kappa shape index (κ1) is 9.92. The topological polar surface area (TPSA) is 32.3 Å². The highest BCUT2D eigenvalue weighted by Crippen LogP contribution is 2.25. The van der Waals surface area contributed by atoms with Crippen LogP contribution in [0.3, 0.4) is 0 Å². The maximum Gasteiger partial charge on any atom is 0.147 e. The summed E-state index contributed by atoms with van der Waals surface area (Å²) in [7, 11) is 0. The van der Waals surface area contributed by atoms with Crippen molar-refractivity contribution in [2.75, 3.05) is 0 Å². The number of rotatable bonds is 2. The molecule has 0 saturated heterocycles. The molecule has 0 fully saturated rings. The van der Waals surface area contributed by atoms with E-state index in [0.29, 0.717) is 10.0 Å². The van der Waals surface area contributed by atoms with Crippen LogP contribution in [0, 0.1) is 5.82 Å². The Morgan fingerprint density at radius 2 is 2.25 bits per heavy atom. The molecule has 1 aromatic carbocycles. The summed E-state index contributed by atoms with van der Waals surface area (Å²) in [6, 6.07) is 3.07. The highest BCUT2D eigenvalue weighted by molar-refractivity contribution is 9.10. The third kappa shape index (κ3) is 1.95. The summed E-state index contributed by atoms with van der Waals surface area (Å²) in [5, 5.41) is 8.42. The van der Waals surface area contributed by atoms with Crippen molar-refractivity contribution in [2.24, 2.45) is 0 Å². The molecular weight excluding hydrogens is 248 g/mol. The molecule has 0 aromatic heterocycles. The largest absolute Gasteiger partial charge is 0.316 e. The standard InChI is InChI=1S/C7H6BrClFNO/c8-5-1-2-6(9)7(10)4(5)3-11-12/h1-2,11-12H,3H2. The zero-order valence-electron chi connectivity index (χ0n) is 5.94. The molecular formula is C7H6BrClFNO. The van der Waals surface area contributed by atoms with Gasteiger partial charge in [-0.2, -0.15) is 0 Å². The summed E-state index contributed by atoms with van der Waals surface area (Å²) in [5.74, 6) is -0.521. The number of nitrogens with one attached hydrogen (secondary N) is 1. The van der Waals surface area contributed by atoms with Gasteiger partial charge in [-0.15, -0.1) is 0 Å². The average molecular weight is 254 g/mol. The van der Waals surface area contributed by atoms with E-state index < -0.39 is 5.82 Å². The lowest BCUT2D eigenvalue weighted by atomic mass is 10.2. The quantitative estimate of drug-likeness (QED) is 0.628. The van der Waals surface area contributed by atoms with Crippen LogP contribution in [0.15, 0.2) is 16.6 Å². The first-order valence-corrected chi connectivity index (χ1v) is 4.33. The van der Waals surface area contributed by atoms with Crippen LogP contribution in [-0.2, 0) is 6.54 Å². The highest BCUT2D eigenvalue weighted by atomic mass is 79.9. The molecule has 0 aliphatic heterocycles. The number of hydroxylamine groups is 1. The van der Waals surface area contributed by atoms with Crippen molar-refractivity contribution in [3.05, 3.63) is 33.0 Å². The van der Waals surface area contributed by atoms with Gasteiger partial charge >= 0.3 is 0 Å². The molecule has 0 saturated carbocycles. The van der Waals surface area contributed by atoms with Gasteiger partial charge < -0.3 is 5.21 Å². The Bertz CT molecular complexity index is 295. The zero-order valence-corrected chi connectivity index (χ0v) is 8.28. The first-order chi connectivity index (χ1) is 5.66. The second-order valence-electron chi connectivity index (χ2n) is 2.16. The summed E-state index contributed by atoms with van der Waals surface area (Å²) in [4.78, 5) is 0. The summed E-state index contributed by atoms with van der Waals surface area (Å²) in [5.41, 5.74) is 2.17. The number of hydrogen-bond donors (Lipinski definition) is 2. The van der Waals surface area contributed by atoms with E-state index in [1.165, 1.54) is 6.07 Å². The predicted molar refractivity (Wildman–Crippen MR) is 47.7 cm³/mol. The minimum atomic E-state index is -0.521. The maximum atomic E-state index is 13.1. The lowest BCUT2D eigenvalue weighted by molar-refractivity contribution is 0.159. The van der Waals surface area contributed by atoms with E-state index in [1.807, 2.05) is 5.48 Å². The third-order valence-electron chi connectivity index (χ3n) is 1.39. The minimum absolute atomic E-state index is 0.0208. The molecule has 2 N–H and O–H groups in total. The monoisotopic (exact) mass is 253 g/mol. The molecule has 0 atom stereocenters. The second-order valence-corrected chi connectivity index (χ2v) is 3.42. The van der Waals surface area contributed by atoms with E-state index in [9.17, 15) is 4.39 Å². The average Bonchev–Trinajstić information content (AvgIpc) is 2.06. The highest BCUT2D eigenvalue weighted by Gasteiger charge is 2.09. The number of hydrogen-bond acceptors (Lipinski definition) is 2. The van der Waals surface area contributed by atoms with E-state index >= 15 is 0 Å². The van der Waals surface area contributed by atoms with Crippen molar-refractivity contribution in [3.63, 3.8) is 0 Å². The van der Waals surface area contributed by atoms with Gasteiger partial charge in [0.15, 0.2) is 0 Å². The molecule has 12 heavy (non-hydrogen) atoms. The fraction of sp³-hybridized carbons (Fsp3) is 0.143. The van der Waals surface area contributed by atoms with Gasteiger partial charge in [0.1, 0.15) is 5.82 Å². The Labute approximate surface area is 82.4 Å². The molecule has 2 nitrogen and oxygen atoms in total. The first-order valence-electron chi connectivity index (χ1n) is 3.16. The van der Waals surface area contributed by atoms with Gasteiger partial charge in [0.25, 0.3) is 0 Å². The van der Waals surface area contributed by atoms with E-state index in [0.717, 1.165) is 0 Å². The Morgan fingerprint density at radius 1 is 1.58 bits per heavy atom. The molecule has 0 radical (unpaired) electrons. The van der Waals surface area contributed by atoms with Gasteiger partial charge in [-0.25, -0.2) is 9.87 Å². The zero-order chi connectivity index (χ0) is 9.14. The summed E-state index contributed by atoms with van der Waals surface area (Å²) < 4.78 is 13.7. The number of benzene rings is 1. The smallest absolute Gasteiger partial charge is 0.147 e. The Kier molecular flexibility index (Phi) is 3.46.